The zero-order valence-electron chi connectivity index (χ0n) is 30.4. The summed E-state index contributed by atoms with van der Waals surface area (Å²) in [5.74, 6) is 0.739. The number of carbonyl (C=O) groups is 3. The lowest BCUT2D eigenvalue weighted by Gasteiger charge is -2.46. The second-order valence-corrected chi connectivity index (χ2v) is 15.9. The van der Waals surface area contributed by atoms with Gasteiger partial charge in [-0.05, 0) is 101 Å². The highest BCUT2D eigenvalue weighted by Crippen LogP contribution is 2.36. The van der Waals surface area contributed by atoms with Crippen LogP contribution in [-0.4, -0.2) is 78.0 Å². The molecule has 3 aliphatic heterocycles. The number of piperidine rings is 1. The molecule has 4 heterocycles. The SMILES string of the molecule is CC(C)(CC1CCC(NC(=O)c2c(NC3CCCC3)ccnc2N2C=CC=CC2)CC1)N1CCN(c2ccc(C3CCC(=O)NC3=O)cc2)CC1. The molecule has 2 saturated heterocycles. The molecule has 0 bridgehead atoms. The molecule has 1 aromatic carbocycles. The van der Waals surface area contributed by atoms with Crippen molar-refractivity contribution in [2.24, 2.45) is 5.92 Å². The summed E-state index contributed by atoms with van der Waals surface area (Å²) < 4.78 is 0. The van der Waals surface area contributed by atoms with Gasteiger partial charge in [-0.3, -0.25) is 24.6 Å². The number of aromatic nitrogens is 1. The van der Waals surface area contributed by atoms with Crippen molar-refractivity contribution in [3.8, 4) is 0 Å². The summed E-state index contributed by atoms with van der Waals surface area (Å²) in [6.45, 7) is 9.47. The van der Waals surface area contributed by atoms with Gasteiger partial charge >= 0.3 is 0 Å². The zero-order chi connectivity index (χ0) is 35.4. The predicted octanol–water partition coefficient (Wildman–Crippen LogP) is 6.13. The second-order valence-electron chi connectivity index (χ2n) is 15.9. The van der Waals surface area contributed by atoms with Gasteiger partial charge in [-0.2, -0.15) is 0 Å². The first-order valence-corrected chi connectivity index (χ1v) is 19.3. The number of amides is 3. The van der Waals surface area contributed by atoms with Gasteiger partial charge in [0.2, 0.25) is 11.8 Å². The van der Waals surface area contributed by atoms with E-state index in [1.54, 1.807) is 0 Å². The molecule has 0 spiro atoms. The number of allylic oxidation sites excluding steroid dienone is 2. The number of rotatable bonds is 10. The molecule has 10 heteroatoms. The minimum Gasteiger partial charge on any atom is -0.382 e. The number of hydrogen-bond acceptors (Lipinski definition) is 8. The minimum absolute atomic E-state index is 0.0196. The Hall–Kier alpha value is -4.18. The van der Waals surface area contributed by atoms with Gasteiger partial charge in [0.25, 0.3) is 5.91 Å². The van der Waals surface area contributed by atoms with Crippen LogP contribution in [0.2, 0.25) is 0 Å². The molecule has 10 nitrogen and oxygen atoms in total. The highest BCUT2D eigenvalue weighted by atomic mass is 16.2. The van der Waals surface area contributed by atoms with E-state index in [1.165, 1.54) is 18.5 Å². The Morgan fingerprint density at radius 1 is 0.902 bits per heavy atom. The third-order valence-electron chi connectivity index (χ3n) is 12.0. The van der Waals surface area contributed by atoms with E-state index in [4.69, 9.17) is 4.98 Å². The van der Waals surface area contributed by atoms with Gasteiger partial charge < -0.3 is 20.4 Å². The summed E-state index contributed by atoms with van der Waals surface area (Å²) in [4.78, 5) is 49.8. The zero-order valence-corrected chi connectivity index (χ0v) is 30.4. The van der Waals surface area contributed by atoms with Gasteiger partial charge in [0.1, 0.15) is 11.4 Å². The van der Waals surface area contributed by atoms with E-state index in [1.807, 2.05) is 30.6 Å². The van der Waals surface area contributed by atoms with E-state index < -0.39 is 0 Å². The number of benzene rings is 1. The highest BCUT2D eigenvalue weighted by Gasteiger charge is 2.35. The maximum atomic E-state index is 14.0. The summed E-state index contributed by atoms with van der Waals surface area (Å²) in [6, 6.07) is 10.9. The standard InChI is InChI=1S/C41H55N7O3/c1-41(2,48-26-24-46(25-27-48)33-16-12-30(13-17-33)34-18-19-36(49)45-39(34)50)28-29-10-14-32(15-11-29)44-40(51)37-35(43-31-8-4-5-9-31)20-21-42-38(37)47-22-6-3-7-23-47/h3,6-7,12-13,16-17,20-22,29,31-32,34H,4-5,8-11,14-15,18-19,23-28H2,1-2H3,(H,42,43)(H,44,51)(H,45,49,50). The molecular weight excluding hydrogens is 638 g/mol. The van der Waals surface area contributed by atoms with Crippen molar-refractivity contribution in [2.45, 2.75) is 108 Å². The topological polar surface area (TPSA) is 110 Å². The van der Waals surface area contributed by atoms with Gasteiger partial charge in [-0.15, -0.1) is 0 Å². The molecule has 2 saturated carbocycles. The van der Waals surface area contributed by atoms with E-state index in [9.17, 15) is 14.4 Å². The molecule has 4 fully saturated rings. The Bertz CT molecular complexity index is 1610. The monoisotopic (exact) mass is 693 g/mol. The molecule has 2 aliphatic carbocycles. The minimum atomic E-state index is -0.244. The van der Waals surface area contributed by atoms with Crippen molar-refractivity contribution < 1.29 is 14.4 Å². The largest absolute Gasteiger partial charge is 0.382 e. The van der Waals surface area contributed by atoms with Gasteiger partial charge in [0.05, 0.1) is 11.6 Å². The van der Waals surface area contributed by atoms with Gasteiger partial charge in [0, 0.05) is 74.9 Å². The van der Waals surface area contributed by atoms with Crippen LogP contribution in [0, 0.1) is 5.92 Å². The van der Waals surface area contributed by atoms with Crippen LogP contribution in [0.15, 0.2) is 61.0 Å². The van der Waals surface area contributed by atoms with Crippen molar-refractivity contribution in [1.29, 1.82) is 0 Å². The molecule has 1 atom stereocenters. The number of carbonyl (C=O) groups excluding carboxylic acids is 3. The Morgan fingerprint density at radius 3 is 2.33 bits per heavy atom. The molecule has 51 heavy (non-hydrogen) atoms. The molecule has 2 aromatic rings. The summed E-state index contributed by atoms with van der Waals surface area (Å²) in [5.41, 5.74) is 3.83. The van der Waals surface area contributed by atoms with Crippen LogP contribution < -0.4 is 25.8 Å². The number of hydrogen-bond donors (Lipinski definition) is 3. The number of nitrogens with one attached hydrogen (secondary N) is 3. The number of imide groups is 1. The number of pyridine rings is 1. The number of anilines is 3. The van der Waals surface area contributed by atoms with Crippen LogP contribution in [-0.2, 0) is 9.59 Å². The molecule has 3 N–H and O–H groups in total. The third kappa shape index (κ3) is 8.32. The lowest BCUT2D eigenvalue weighted by atomic mass is 9.78. The van der Waals surface area contributed by atoms with Crippen LogP contribution >= 0.6 is 0 Å². The molecular formula is C41H55N7O3. The molecule has 1 unspecified atom stereocenters. The van der Waals surface area contributed by atoms with Crippen LogP contribution in [0.4, 0.5) is 17.2 Å². The maximum absolute atomic E-state index is 14.0. The van der Waals surface area contributed by atoms with E-state index in [-0.39, 0.29) is 35.2 Å². The summed E-state index contributed by atoms with van der Waals surface area (Å²) in [5, 5.41) is 9.61. The first kappa shape index (κ1) is 35.2. The van der Waals surface area contributed by atoms with Crippen molar-refractivity contribution in [2.75, 3.05) is 47.8 Å². The van der Waals surface area contributed by atoms with Crippen LogP contribution in [0.5, 0.6) is 0 Å². The van der Waals surface area contributed by atoms with Crippen LogP contribution in [0.25, 0.3) is 0 Å². The smallest absolute Gasteiger partial charge is 0.257 e. The van der Waals surface area contributed by atoms with E-state index in [0.717, 1.165) is 88.2 Å². The predicted molar refractivity (Wildman–Crippen MR) is 203 cm³/mol. The third-order valence-corrected chi connectivity index (χ3v) is 12.0. The fourth-order valence-electron chi connectivity index (χ4n) is 9.03. The summed E-state index contributed by atoms with van der Waals surface area (Å²) >= 11 is 0. The molecule has 3 amide bonds. The summed E-state index contributed by atoms with van der Waals surface area (Å²) in [6.07, 6.45) is 21.1. The average molecular weight is 694 g/mol. The molecule has 5 aliphatic rings. The fourth-order valence-corrected chi connectivity index (χ4v) is 9.03. The molecule has 0 radical (unpaired) electrons. The van der Waals surface area contributed by atoms with Gasteiger partial charge in [0.15, 0.2) is 0 Å². The Labute approximate surface area is 303 Å². The van der Waals surface area contributed by atoms with E-state index >= 15 is 0 Å². The van der Waals surface area contributed by atoms with Crippen molar-refractivity contribution in [3.63, 3.8) is 0 Å². The fraction of sp³-hybridized carbons (Fsp3) is 0.561. The van der Waals surface area contributed by atoms with E-state index in [0.29, 0.717) is 36.9 Å². The quantitative estimate of drug-likeness (QED) is 0.255. The lowest BCUT2D eigenvalue weighted by Crippen LogP contribution is -2.55. The van der Waals surface area contributed by atoms with Crippen molar-refractivity contribution in [3.05, 3.63) is 72.1 Å². The highest BCUT2D eigenvalue weighted by molar-refractivity contribution is 6.04. The normalized spacial score (nSPS) is 24.9. The Balaban J connectivity index is 0.903. The van der Waals surface area contributed by atoms with Crippen LogP contribution in [0.1, 0.15) is 106 Å². The van der Waals surface area contributed by atoms with Crippen molar-refractivity contribution in [1.82, 2.24) is 20.5 Å². The molecule has 1 aromatic heterocycles. The van der Waals surface area contributed by atoms with Crippen molar-refractivity contribution >= 4 is 34.9 Å². The van der Waals surface area contributed by atoms with Crippen LogP contribution in [0.3, 0.4) is 0 Å². The number of nitrogens with zero attached hydrogens (tertiary/aromatic N) is 4. The van der Waals surface area contributed by atoms with Gasteiger partial charge in [-0.1, -0.05) is 37.1 Å². The first-order chi connectivity index (χ1) is 24.7. The number of piperazine rings is 1. The Morgan fingerprint density at radius 2 is 1.65 bits per heavy atom. The molecule has 7 rings (SSSR count). The summed E-state index contributed by atoms with van der Waals surface area (Å²) in [7, 11) is 0. The Kier molecular flexibility index (Phi) is 10.8. The first-order valence-electron chi connectivity index (χ1n) is 19.3. The lowest BCUT2D eigenvalue weighted by molar-refractivity contribution is -0.134. The van der Waals surface area contributed by atoms with Gasteiger partial charge in [-0.25, -0.2) is 4.98 Å². The maximum Gasteiger partial charge on any atom is 0.257 e. The average Bonchev–Trinajstić information content (AvgIpc) is 3.66. The van der Waals surface area contributed by atoms with E-state index in [2.05, 4.69) is 74.8 Å². The second kappa shape index (κ2) is 15.6. The molecule has 272 valence electrons.